The van der Waals surface area contributed by atoms with Crippen molar-refractivity contribution in [2.45, 2.75) is 11.3 Å². The normalized spacial score (nSPS) is 20.3. The molecule has 2 saturated heterocycles. The third kappa shape index (κ3) is 4.44. The van der Waals surface area contributed by atoms with Gasteiger partial charge < -0.3 is 9.80 Å². The third-order valence-corrected chi connectivity index (χ3v) is 7.74. The quantitative estimate of drug-likeness (QED) is 0.694. The number of piperazine rings is 1. The molecule has 0 aliphatic carbocycles. The molecule has 7 nitrogen and oxygen atoms in total. The fourth-order valence-electron chi connectivity index (χ4n) is 3.93. The van der Waals surface area contributed by atoms with E-state index in [0.29, 0.717) is 10.7 Å². The van der Waals surface area contributed by atoms with Crippen molar-refractivity contribution in [3.63, 3.8) is 0 Å². The van der Waals surface area contributed by atoms with Gasteiger partial charge in [-0.2, -0.15) is 4.31 Å². The van der Waals surface area contributed by atoms with Crippen molar-refractivity contribution in [3.8, 4) is 0 Å². The molecule has 31 heavy (non-hydrogen) atoms. The van der Waals surface area contributed by atoms with Crippen molar-refractivity contribution in [1.29, 1.82) is 0 Å². The molecule has 10 heteroatoms. The van der Waals surface area contributed by atoms with Gasteiger partial charge in [-0.1, -0.05) is 17.7 Å². The Bertz CT molecular complexity index is 1100. The van der Waals surface area contributed by atoms with E-state index in [9.17, 15) is 22.4 Å². The molecular weight excluding hydrogens is 445 g/mol. The summed E-state index contributed by atoms with van der Waals surface area (Å²) in [4.78, 5) is 28.6. The van der Waals surface area contributed by atoms with Crippen LogP contribution in [0.2, 0.25) is 5.02 Å². The number of rotatable bonds is 4. The zero-order valence-electron chi connectivity index (χ0n) is 16.6. The standard InChI is InChI=1S/C21H21ClFN3O4S/c22-16-2-1-3-18(13-16)26-14-15(12-20(26)27)21(28)24-8-10-25(11-9-24)31(29,30)19-6-4-17(23)5-7-19/h1-7,13,15H,8-12,14H2. The molecule has 0 radical (unpaired) electrons. The van der Waals surface area contributed by atoms with Crippen molar-refractivity contribution in [2.75, 3.05) is 37.6 Å². The van der Waals surface area contributed by atoms with E-state index in [2.05, 4.69) is 0 Å². The van der Waals surface area contributed by atoms with Gasteiger partial charge in [-0.15, -0.1) is 0 Å². The van der Waals surface area contributed by atoms with Crippen LogP contribution >= 0.6 is 11.6 Å². The van der Waals surface area contributed by atoms with Crippen LogP contribution in [-0.4, -0.2) is 62.2 Å². The lowest BCUT2D eigenvalue weighted by atomic mass is 10.1. The van der Waals surface area contributed by atoms with Gasteiger partial charge in [0.2, 0.25) is 21.8 Å². The molecule has 1 unspecified atom stereocenters. The minimum Gasteiger partial charge on any atom is -0.340 e. The molecule has 2 aromatic rings. The van der Waals surface area contributed by atoms with E-state index in [1.807, 2.05) is 0 Å². The summed E-state index contributed by atoms with van der Waals surface area (Å²) in [6.07, 6.45) is 0.111. The molecule has 2 aliphatic heterocycles. The van der Waals surface area contributed by atoms with E-state index >= 15 is 0 Å². The predicted octanol–water partition coefficient (Wildman–Crippen LogP) is 2.37. The lowest BCUT2D eigenvalue weighted by Gasteiger charge is -2.35. The highest BCUT2D eigenvalue weighted by Gasteiger charge is 2.39. The van der Waals surface area contributed by atoms with Crippen LogP contribution in [0.25, 0.3) is 0 Å². The Morgan fingerprint density at radius 1 is 1.03 bits per heavy atom. The number of carbonyl (C=O) groups excluding carboxylic acids is 2. The number of carbonyl (C=O) groups is 2. The Balaban J connectivity index is 1.38. The number of nitrogens with zero attached hydrogens (tertiary/aromatic N) is 3. The largest absolute Gasteiger partial charge is 0.340 e. The Kier molecular flexibility index (Phi) is 6.00. The number of amides is 2. The van der Waals surface area contributed by atoms with Gasteiger partial charge in [-0.05, 0) is 42.5 Å². The van der Waals surface area contributed by atoms with E-state index in [1.165, 1.54) is 16.4 Å². The summed E-state index contributed by atoms with van der Waals surface area (Å²) < 4.78 is 39.9. The SMILES string of the molecule is O=C(C1CC(=O)N(c2cccc(Cl)c2)C1)N1CCN(S(=O)(=O)c2ccc(F)cc2)CC1. The van der Waals surface area contributed by atoms with Gasteiger partial charge in [0.05, 0.1) is 10.8 Å². The maximum absolute atomic E-state index is 13.1. The third-order valence-electron chi connectivity index (χ3n) is 5.60. The molecule has 2 aliphatic rings. The first-order valence-electron chi connectivity index (χ1n) is 9.86. The molecule has 0 spiro atoms. The summed E-state index contributed by atoms with van der Waals surface area (Å²) in [7, 11) is -3.75. The van der Waals surface area contributed by atoms with Gasteiger partial charge in [-0.3, -0.25) is 9.59 Å². The number of sulfonamides is 1. The average Bonchev–Trinajstić information content (AvgIpc) is 3.15. The first-order valence-corrected chi connectivity index (χ1v) is 11.7. The summed E-state index contributed by atoms with van der Waals surface area (Å²) >= 11 is 6.01. The molecule has 2 fully saturated rings. The molecule has 1 atom stereocenters. The van der Waals surface area contributed by atoms with Crippen LogP contribution in [0.4, 0.5) is 10.1 Å². The number of benzene rings is 2. The minimum atomic E-state index is -3.75. The van der Waals surface area contributed by atoms with Gasteiger partial charge in [0, 0.05) is 49.9 Å². The molecule has 2 heterocycles. The molecule has 164 valence electrons. The van der Waals surface area contributed by atoms with Crippen LogP contribution < -0.4 is 4.90 Å². The second-order valence-corrected chi connectivity index (χ2v) is 9.94. The van der Waals surface area contributed by atoms with Crippen molar-refractivity contribution < 1.29 is 22.4 Å². The Morgan fingerprint density at radius 2 is 1.71 bits per heavy atom. The topological polar surface area (TPSA) is 78.0 Å². The van der Waals surface area contributed by atoms with Crippen LogP contribution in [0.5, 0.6) is 0 Å². The second kappa shape index (κ2) is 8.57. The zero-order valence-corrected chi connectivity index (χ0v) is 18.2. The van der Waals surface area contributed by atoms with Crippen molar-refractivity contribution in [3.05, 3.63) is 59.4 Å². The van der Waals surface area contributed by atoms with E-state index in [4.69, 9.17) is 11.6 Å². The van der Waals surface area contributed by atoms with Gasteiger partial charge in [-0.25, -0.2) is 12.8 Å². The first kappa shape index (κ1) is 21.7. The molecule has 0 N–H and O–H groups in total. The predicted molar refractivity (Wildman–Crippen MR) is 114 cm³/mol. The maximum Gasteiger partial charge on any atom is 0.243 e. The van der Waals surface area contributed by atoms with Crippen LogP contribution in [0, 0.1) is 11.7 Å². The van der Waals surface area contributed by atoms with E-state index in [0.717, 1.165) is 12.1 Å². The zero-order chi connectivity index (χ0) is 22.2. The summed E-state index contributed by atoms with van der Waals surface area (Å²) in [5, 5.41) is 0.513. The number of halogens is 2. The second-order valence-electron chi connectivity index (χ2n) is 7.57. The summed E-state index contributed by atoms with van der Waals surface area (Å²) in [6, 6.07) is 11.6. The van der Waals surface area contributed by atoms with Crippen LogP contribution in [-0.2, 0) is 19.6 Å². The van der Waals surface area contributed by atoms with Gasteiger partial charge >= 0.3 is 0 Å². The van der Waals surface area contributed by atoms with Crippen molar-refractivity contribution in [2.24, 2.45) is 5.92 Å². The smallest absolute Gasteiger partial charge is 0.243 e. The molecule has 2 aromatic carbocycles. The summed E-state index contributed by atoms with van der Waals surface area (Å²) in [6.45, 7) is 1.03. The Hall–Kier alpha value is -2.49. The lowest BCUT2D eigenvalue weighted by Crippen LogP contribution is -2.52. The van der Waals surface area contributed by atoms with Gasteiger partial charge in [0.1, 0.15) is 5.82 Å². The highest BCUT2D eigenvalue weighted by atomic mass is 35.5. The van der Waals surface area contributed by atoms with Crippen LogP contribution in [0.3, 0.4) is 0 Å². The maximum atomic E-state index is 13.1. The molecule has 0 bridgehead atoms. The van der Waals surface area contributed by atoms with E-state index in [1.54, 1.807) is 34.1 Å². The summed E-state index contributed by atoms with van der Waals surface area (Å²) in [5.74, 6) is -1.28. The highest BCUT2D eigenvalue weighted by molar-refractivity contribution is 7.89. The monoisotopic (exact) mass is 465 g/mol. The molecule has 0 aromatic heterocycles. The number of hydrogen-bond acceptors (Lipinski definition) is 4. The highest BCUT2D eigenvalue weighted by Crippen LogP contribution is 2.28. The Morgan fingerprint density at radius 3 is 2.35 bits per heavy atom. The molecular formula is C21H21ClFN3O4S. The number of hydrogen-bond donors (Lipinski definition) is 0. The first-order chi connectivity index (χ1) is 14.8. The average molecular weight is 466 g/mol. The minimum absolute atomic E-state index is 0.0206. The summed E-state index contributed by atoms with van der Waals surface area (Å²) in [5.41, 5.74) is 0.656. The fraction of sp³-hybridized carbons (Fsp3) is 0.333. The van der Waals surface area contributed by atoms with Crippen molar-refractivity contribution in [1.82, 2.24) is 9.21 Å². The molecule has 2 amide bonds. The van der Waals surface area contributed by atoms with Crippen LogP contribution in [0.1, 0.15) is 6.42 Å². The fourth-order valence-corrected chi connectivity index (χ4v) is 5.54. The molecule has 4 rings (SSSR count). The number of anilines is 1. The van der Waals surface area contributed by atoms with Gasteiger partial charge in [0.25, 0.3) is 0 Å². The van der Waals surface area contributed by atoms with Gasteiger partial charge in [0.15, 0.2) is 0 Å². The van der Waals surface area contributed by atoms with E-state index < -0.39 is 21.8 Å². The lowest BCUT2D eigenvalue weighted by molar-refractivity contribution is -0.136. The Labute approximate surface area is 185 Å². The van der Waals surface area contributed by atoms with Crippen molar-refractivity contribution >= 4 is 39.1 Å². The molecule has 0 saturated carbocycles. The van der Waals surface area contributed by atoms with E-state index in [-0.39, 0.29) is 55.9 Å². The van der Waals surface area contributed by atoms with Crippen LogP contribution in [0.15, 0.2) is 53.4 Å².